The number of carbonyl (C=O) groups is 1. The molecule has 0 aliphatic carbocycles. The number of urea groups is 1. The van der Waals surface area contributed by atoms with Crippen LogP contribution in [0.5, 0.6) is 5.75 Å². The summed E-state index contributed by atoms with van der Waals surface area (Å²) >= 11 is 12.2. The van der Waals surface area contributed by atoms with E-state index in [9.17, 15) is 4.79 Å². The van der Waals surface area contributed by atoms with Crippen LogP contribution in [-0.4, -0.2) is 62.3 Å². The molecule has 4 rings (SSSR count). The van der Waals surface area contributed by atoms with E-state index < -0.39 is 0 Å². The van der Waals surface area contributed by atoms with Crippen LogP contribution in [0.25, 0.3) is 11.0 Å². The second-order valence-electron chi connectivity index (χ2n) is 8.26. The van der Waals surface area contributed by atoms with Crippen molar-refractivity contribution >= 4 is 45.9 Å². The van der Waals surface area contributed by atoms with Gasteiger partial charge in [-0.15, -0.1) is 0 Å². The number of nitrogens with one attached hydrogen (secondary N) is 1. The number of fused-ring (bicyclic) bond motifs is 1. The third kappa shape index (κ3) is 5.78. The second-order valence-corrected chi connectivity index (χ2v) is 9.08. The Morgan fingerprint density at radius 1 is 1.18 bits per heavy atom. The molecule has 9 heteroatoms. The molecule has 34 heavy (non-hydrogen) atoms. The summed E-state index contributed by atoms with van der Waals surface area (Å²) in [6.07, 6.45) is 0.822. The molecule has 0 bridgehead atoms. The van der Waals surface area contributed by atoms with Crippen LogP contribution in [0.1, 0.15) is 25.1 Å². The number of furan rings is 1. The molecule has 1 aliphatic rings. The van der Waals surface area contributed by atoms with Crippen molar-refractivity contribution in [3.8, 4) is 5.75 Å². The van der Waals surface area contributed by atoms with Crippen molar-refractivity contribution < 1.29 is 18.7 Å². The van der Waals surface area contributed by atoms with Crippen LogP contribution in [0.3, 0.4) is 0 Å². The maximum absolute atomic E-state index is 13.4. The van der Waals surface area contributed by atoms with E-state index in [-0.39, 0.29) is 12.1 Å². The Labute approximate surface area is 209 Å². The predicted molar refractivity (Wildman–Crippen MR) is 135 cm³/mol. The average molecular weight is 506 g/mol. The van der Waals surface area contributed by atoms with Crippen LogP contribution in [0.15, 0.2) is 46.9 Å². The van der Waals surface area contributed by atoms with Gasteiger partial charge in [0.15, 0.2) is 11.3 Å². The fraction of sp³-hybridized carbons (Fsp3) is 0.400. The molecule has 0 saturated carbocycles. The normalized spacial score (nSPS) is 15.3. The number of hydrogen-bond acceptors (Lipinski definition) is 5. The Hall–Kier alpha value is -2.45. The van der Waals surface area contributed by atoms with E-state index in [1.165, 1.54) is 0 Å². The molecule has 1 saturated heterocycles. The van der Waals surface area contributed by atoms with Gasteiger partial charge in [-0.3, -0.25) is 4.90 Å². The van der Waals surface area contributed by atoms with Gasteiger partial charge in [0.1, 0.15) is 5.76 Å². The maximum Gasteiger partial charge on any atom is 0.322 e. The first-order chi connectivity index (χ1) is 16.5. The van der Waals surface area contributed by atoms with Gasteiger partial charge in [0.05, 0.1) is 36.4 Å². The topological polar surface area (TPSA) is 67.2 Å². The molecular weight excluding hydrogens is 477 g/mol. The van der Waals surface area contributed by atoms with Gasteiger partial charge < -0.3 is 24.1 Å². The highest BCUT2D eigenvalue weighted by atomic mass is 35.5. The Balaban J connectivity index is 1.53. The minimum Gasteiger partial charge on any atom is -0.493 e. The van der Waals surface area contributed by atoms with Crippen molar-refractivity contribution in [1.82, 2.24) is 9.80 Å². The van der Waals surface area contributed by atoms with Crippen molar-refractivity contribution in [3.05, 3.63) is 58.3 Å². The first kappa shape index (κ1) is 24.7. The molecule has 0 unspecified atom stereocenters. The van der Waals surface area contributed by atoms with Gasteiger partial charge in [0, 0.05) is 37.3 Å². The van der Waals surface area contributed by atoms with Crippen LogP contribution in [0.2, 0.25) is 10.0 Å². The highest BCUT2D eigenvalue weighted by Crippen LogP contribution is 2.33. The van der Waals surface area contributed by atoms with Gasteiger partial charge in [0.2, 0.25) is 0 Å². The van der Waals surface area contributed by atoms with E-state index in [2.05, 4.69) is 10.2 Å². The molecule has 1 aromatic heterocycles. The molecule has 1 aliphatic heterocycles. The summed E-state index contributed by atoms with van der Waals surface area (Å²) < 4.78 is 17.0. The summed E-state index contributed by atoms with van der Waals surface area (Å²) in [4.78, 5) is 17.5. The standard InChI is InChI=1S/C25H29Cl2N3O4/c1-17(23-15-18-5-3-6-22(32-2)24(18)34-23)30(10-4-9-29-11-13-33-14-12-29)25(31)28-19-7-8-20(26)21(27)16-19/h3,5-8,15-17H,4,9-14H2,1-2H3,(H,28,31)/t17-/m1/s1. The van der Waals surface area contributed by atoms with E-state index in [4.69, 9.17) is 37.1 Å². The summed E-state index contributed by atoms with van der Waals surface area (Å²) in [5.41, 5.74) is 1.25. The molecule has 2 aromatic carbocycles. The monoisotopic (exact) mass is 505 g/mol. The number of halogens is 2. The lowest BCUT2D eigenvalue weighted by Gasteiger charge is -2.31. The largest absolute Gasteiger partial charge is 0.493 e. The van der Waals surface area contributed by atoms with Gasteiger partial charge >= 0.3 is 6.03 Å². The van der Waals surface area contributed by atoms with Crippen LogP contribution in [0.4, 0.5) is 10.5 Å². The molecule has 2 heterocycles. The molecule has 2 amide bonds. The van der Waals surface area contributed by atoms with E-state index in [1.54, 1.807) is 30.2 Å². The SMILES string of the molecule is COc1cccc2cc([C@@H](C)N(CCCN3CCOCC3)C(=O)Nc3ccc(Cl)c(Cl)c3)oc12. The lowest BCUT2D eigenvalue weighted by molar-refractivity contribution is 0.0361. The average Bonchev–Trinajstić information content (AvgIpc) is 3.29. The van der Waals surface area contributed by atoms with Gasteiger partial charge in [0.25, 0.3) is 0 Å². The second kappa shape index (κ2) is 11.3. The van der Waals surface area contributed by atoms with Crippen LogP contribution in [0, 0.1) is 0 Å². The Morgan fingerprint density at radius 3 is 2.71 bits per heavy atom. The third-order valence-electron chi connectivity index (χ3n) is 6.04. The van der Waals surface area contributed by atoms with Gasteiger partial charge in [-0.05, 0) is 43.7 Å². The Bertz CT molecular complexity index is 1130. The van der Waals surface area contributed by atoms with Crippen molar-refractivity contribution in [3.63, 3.8) is 0 Å². The van der Waals surface area contributed by atoms with Crippen LogP contribution in [-0.2, 0) is 4.74 Å². The Kier molecular flexibility index (Phi) is 8.21. The van der Waals surface area contributed by atoms with Crippen molar-refractivity contribution in [2.45, 2.75) is 19.4 Å². The molecule has 0 radical (unpaired) electrons. The van der Waals surface area contributed by atoms with Crippen LogP contribution >= 0.6 is 23.2 Å². The summed E-state index contributed by atoms with van der Waals surface area (Å²) in [6.45, 7) is 6.73. The smallest absolute Gasteiger partial charge is 0.322 e. The van der Waals surface area contributed by atoms with Gasteiger partial charge in [-0.1, -0.05) is 35.3 Å². The van der Waals surface area contributed by atoms with E-state index in [0.29, 0.717) is 39.4 Å². The quantitative estimate of drug-likeness (QED) is 0.402. The highest BCUT2D eigenvalue weighted by molar-refractivity contribution is 6.42. The van der Waals surface area contributed by atoms with E-state index >= 15 is 0 Å². The Morgan fingerprint density at radius 2 is 1.97 bits per heavy atom. The van der Waals surface area contributed by atoms with Crippen molar-refractivity contribution in [2.24, 2.45) is 0 Å². The summed E-state index contributed by atoms with van der Waals surface area (Å²) in [6, 6.07) is 12.2. The summed E-state index contributed by atoms with van der Waals surface area (Å²) in [5.74, 6) is 1.35. The number of morpholine rings is 1. The van der Waals surface area contributed by atoms with Crippen LogP contribution < -0.4 is 10.1 Å². The maximum atomic E-state index is 13.4. The first-order valence-corrected chi connectivity index (χ1v) is 12.1. The van der Waals surface area contributed by atoms with Gasteiger partial charge in [-0.2, -0.15) is 0 Å². The number of methoxy groups -OCH3 is 1. The minimum atomic E-state index is -0.301. The third-order valence-corrected chi connectivity index (χ3v) is 6.77. The number of hydrogen-bond donors (Lipinski definition) is 1. The summed E-state index contributed by atoms with van der Waals surface area (Å²) in [7, 11) is 1.61. The minimum absolute atomic E-state index is 0.236. The number of anilines is 1. The lowest BCUT2D eigenvalue weighted by Crippen LogP contribution is -2.41. The molecule has 7 nitrogen and oxygen atoms in total. The van der Waals surface area contributed by atoms with Gasteiger partial charge in [-0.25, -0.2) is 4.79 Å². The lowest BCUT2D eigenvalue weighted by atomic mass is 10.2. The van der Waals surface area contributed by atoms with E-state index in [0.717, 1.165) is 44.7 Å². The molecule has 1 fully saturated rings. The number of benzene rings is 2. The number of ether oxygens (including phenoxy) is 2. The number of rotatable bonds is 8. The number of amides is 2. The predicted octanol–water partition coefficient (Wildman–Crippen LogP) is 6.07. The molecule has 0 spiro atoms. The van der Waals surface area contributed by atoms with Crippen molar-refractivity contribution in [1.29, 1.82) is 0 Å². The fourth-order valence-corrected chi connectivity index (χ4v) is 4.40. The first-order valence-electron chi connectivity index (χ1n) is 11.4. The molecule has 1 N–H and O–H groups in total. The zero-order valence-electron chi connectivity index (χ0n) is 19.4. The highest BCUT2D eigenvalue weighted by Gasteiger charge is 2.25. The molecule has 1 atom stereocenters. The summed E-state index contributed by atoms with van der Waals surface area (Å²) in [5, 5.41) is 4.70. The molecule has 182 valence electrons. The number of carbonyl (C=O) groups excluding carboxylic acids is 1. The van der Waals surface area contributed by atoms with Crippen molar-refractivity contribution in [2.75, 3.05) is 51.8 Å². The fourth-order valence-electron chi connectivity index (χ4n) is 4.11. The molecular formula is C25H29Cl2N3O4. The zero-order valence-corrected chi connectivity index (χ0v) is 20.9. The van der Waals surface area contributed by atoms with E-state index in [1.807, 2.05) is 31.2 Å². The number of para-hydroxylation sites is 1. The molecule has 3 aromatic rings. The number of nitrogens with zero attached hydrogens (tertiary/aromatic N) is 2. The zero-order chi connectivity index (χ0) is 24.1.